The van der Waals surface area contributed by atoms with E-state index in [2.05, 4.69) is 26.1 Å². The molecule has 3 N–H and O–H groups in total. The maximum atomic E-state index is 13.6. The van der Waals surface area contributed by atoms with E-state index < -0.39 is 37.2 Å². The smallest absolute Gasteiger partial charge is 0.274 e. The molecule has 2 rings (SSSR count). The van der Waals surface area contributed by atoms with Gasteiger partial charge < -0.3 is 9.74 Å². The van der Waals surface area contributed by atoms with Crippen molar-refractivity contribution >= 4 is 43.1 Å². The summed E-state index contributed by atoms with van der Waals surface area (Å²) in [4.78, 5) is 36.9. The van der Waals surface area contributed by atoms with Gasteiger partial charge in [0.2, 0.25) is 0 Å². The molecule has 0 aliphatic rings. The molecule has 0 saturated carbocycles. The van der Waals surface area contributed by atoms with Crippen LogP contribution in [0.1, 0.15) is 49.2 Å². The number of hydrazine groups is 1. The molecule has 2 aromatic rings. The van der Waals surface area contributed by atoms with Crippen LogP contribution in [0.3, 0.4) is 0 Å². The summed E-state index contributed by atoms with van der Waals surface area (Å²) in [6, 6.07) is 8.85. The van der Waals surface area contributed by atoms with E-state index >= 15 is 0 Å². The van der Waals surface area contributed by atoms with Gasteiger partial charge in [0.15, 0.2) is 8.32 Å². The monoisotopic (exact) mass is 545 g/mol. The number of halogens is 1. The van der Waals surface area contributed by atoms with Crippen LogP contribution in [0.15, 0.2) is 36.4 Å². The standard InChI is InChI=1S/C25H32ClN5O5Si/c1-15-20(13-10-18(14-27)21(15)26)29-22(16(2)36-37(6,7)25(3,4)5)24(33)30(28)23(32)17-8-11-19(12-9-17)31(34)35/h8-13,16,22,29H,28H2,1-7H3/t16-,22+/m0/s1. The molecule has 0 aliphatic carbocycles. The van der Waals surface area contributed by atoms with Crippen LogP contribution in [0.25, 0.3) is 0 Å². The van der Waals surface area contributed by atoms with Crippen molar-refractivity contribution in [2.45, 2.75) is 64.9 Å². The summed E-state index contributed by atoms with van der Waals surface area (Å²) < 4.78 is 6.45. The number of hydrogen-bond acceptors (Lipinski definition) is 8. The number of carbonyl (C=O) groups excluding carboxylic acids is 2. The zero-order chi connectivity index (χ0) is 28.3. The molecule has 2 amide bonds. The molecule has 0 heterocycles. The van der Waals surface area contributed by atoms with Crippen molar-refractivity contribution in [3.05, 3.63) is 68.2 Å². The third kappa shape index (κ3) is 6.72. The number of nitrogens with zero attached hydrogens (tertiary/aromatic N) is 3. The molecule has 0 bridgehead atoms. The number of rotatable bonds is 8. The van der Waals surface area contributed by atoms with Crippen molar-refractivity contribution < 1.29 is 18.9 Å². The molecule has 0 saturated heterocycles. The number of nitrogens with one attached hydrogen (secondary N) is 1. The molecule has 0 aliphatic heterocycles. The minimum absolute atomic E-state index is 0.00997. The van der Waals surface area contributed by atoms with Gasteiger partial charge in [-0.05, 0) is 61.8 Å². The van der Waals surface area contributed by atoms with Gasteiger partial charge >= 0.3 is 0 Å². The zero-order valence-electron chi connectivity index (χ0n) is 22.0. The van der Waals surface area contributed by atoms with Crippen LogP contribution in [0.5, 0.6) is 0 Å². The van der Waals surface area contributed by atoms with Crippen LogP contribution in [0.4, 0.5) is 11.4 Å². The Hall–Kier alpha value is -3.30. The second-order valence-corrected chi connectivity index (χ2v) is 15.4. The highest BCUT2D eigenvalue weighted by molar-refractivity contribution is 6.74. The fraction of sp³-hybridized carbons (Fsp3) is 0.400. The first-order valence-electron chi connectivity index (χ1n) is 11.5. The van der Waals surface area contributed by atoms with E-state index in [0.717, 1.165) is 12.1 Å². The molecule has 0 aromatic heterocycles. The number of non-ortho nitro benzene ring substituents is 1. The average Bonchev–Trinajstić information content (AvgIpc) is 2.82. The number of anilines is 1. The molecule has 198 valence electrons. The largest absolute Gasteiger partial charge is 0.412 e. The fourth-order valence-corrected chi connectivity index (χ4v) is 4.93. The highest BCUT2D eigenvalue weighted by Gasteiger charge is 2.42. The van der Waals surface area contributed by atoms with Crippen LogP contribution in [-0.4, -0.2) is 42.2 Å². The lowest BCUT2D eigenvalue weighted by atomic mass is 10.1. The fourth-order valence-electron chi connectivity index (χ4n) is 3.30. The second kappa shape index (κ2) is 11.4. The number of nitro groups is 1. The van der Waals surface area contributed by atoms with Gasteiger partial charge in [0.1, 0.15) is 12.1 Å². The minimum atomic E-state index is -2.35. The van der Waals surface area contributed by atoms with Gasteiger partial charge in [0.25, 0.3) is 17.5 Å². The number of hydrogen-bond donors (Lipinski definition) is 2. The normalized spacial score (nSPS) is 13.3. The van der Waals surface area contributed by atoms with Gasteiger partial charge in [0.05, 0.1) is 21.6 Å². The van der Waals surface area contributed by atoms with Crippen molar-refractivity contribution in [2.24, 2.45) is 5.84 Å². The van der Waals surface area contributed by atoms with Crippen molar-refractivity contribution in [3.63, 3.8) is 0 Å². The van der Waals surface area contributed by atoms with Gasteiger partial charge in [-0.25, -0.2) is 10.9 Å². The summed E-state index contributed by atoms with van der Waals surface area (Å²) in [6.07, 6.45) is -0.710. The Morgan fingerprint density at radius 3 is 2.27 bits per heavy atom. The molecule has 37 heavy (non-hydrogen) atoms. The predicted octanol–water partition coefficient (Wildman–Crippen LogP) is 5.16. The third-order valence-electron chi connectivity index (χ3n) is 6.62. The first-order chi connectivity index (χ1) is 17.0. The Morgan fingerprint density at radius 1 is 1.22 bits per heavy atom. The van der Waals surface area contributed by atoms with E-state index in [-0.39, 0.29) is 26.9 Å². The van der Waals surface area contributed by atoms with Gasteiger partial charge in [-0.15, -0.1) is 0 Å². The van der Waals surface area contributed by atoms with Crippen LogP contribution < -0.4 is 11.2 Å². The Morgan fingerprint density at radius 2 is 1.78 bits per heavy atom. The summed E-state index contributed by atoms with van der Waals surface area (Å²) in [5.41, 5.74) is 1.12. The van der Waals surface area contributed by atoms with E-state index in [0.29, 0.717) is 16.3 Å². The maximum absolute atomic E-state index is 13.6. The maximum Gasteiger partial charge on any atom is 0.274 e. The number of nitro benzene ring substituents is 1. The summed E-state index contributed by atoms with van der Waals surface area (Å²) in [5.74, 6) is 4.39. The summed E-state index contributed by atoms with van der Waals surface area (Å²) in [5, 5.41) is 23.9. The molecule has 2 aromatic carbocycles. The van der Waals surface area contributed by atoms with Crippen molar-refractivity contribution in [2.75, 3.05) is 5.32 Å². The highest BCUT2D eigenvalue weighted by atomic mass is 35.5. The average molecular weight is 546 g/mol. The Balaban J connectivity index is 2.45. The van der Waals surface area contributed by atoms with Gasteiger partial charge in [-0.2, -0.15) is 5.26 Å². The molecular formula is C25H32ClN5O5Si. The van der Waals surface area contributed by atoms with Crippen molar-refractivity contribution in [1.82, 2.24) is 5.01 Å². The zero-order valence-corrected chi connectivity index (χ0v) is 23.7. The summed E-state index contributed by atoms with van der Waals surface area (Å²) >= 11 is 6.33. The first kappa shape index (κ1) is 29.9. The Labute approximate surface area is 222 Å². The lowest BCUT2D eigenvalue weighted by Crippen LogP contribution is -2.56. The molecule has 2 atom stereocenters. The summed E-state index contributed by atoms with van der Waals surface area (Å²) in [6.45, 7) is 13.7. The highest BCUT2D eigenvalue weighted by Crippen LogP contribution is 2.38. The van der Waals surface area contributed by atoms with Crippen molar-refractivity contribution in [1.29, 1.82) is 5.26 Å². The molecular weight excluding hydrogens is 514 g/mol. The number of benzene rings is 2. The van der Waals surface area contributed by atoms with E-state index in [1.807, 2.05) is 19.2 Å². The lowest BCUT2D eigenvalue weighted by Gasteiger charge is -2.40. The predicted molar refractivity (Wildman–Crippen MR) is 145 cm³/mol. The molecule has 0 unspecified atom stereocenters. The first-order valence-corrected chi connectivity index (χ1v) is 14.8. The number of imide groups is 1. The lowest BCUT2D eigenvalue weighted by molar-refractivity contribution is -0.384. The number of nitriles is 1. The second-order valence-electron chi connectivity index (χ2n) is 10.2. The molecule has 0 spiro atoms. The van der Waals surface area contributed by atoms with E-state index in [1.54, 1.807) is 19.9 Å². The van der Waals surface area contributed by atoms with Crippen LogP contribution in [0, 0.1) is 28.4 Å². The quantitative estimate of drug-likeness (QED) is 0.152. The number of amides is 2. The SMILES string of the molecule is Cc1c(N[C@@H](C(=O)N(N)C(=O)c2ccc([N+](=O)[O-])cc2)[C@H](C)O[Si](C)(C)C(C)(C)C)ccc(C#N)c1Cl. The van der Waals surface area contributed by atoms with Crippen LogP contribution in [-0.2, 0) is 9.22 Å². The topological polar surface area (TPSA) is 152 Å². The third-order valence-corrected chi connectivity index (χ3v) is 11.7. The Kier molecular flexibility index (Phi) is 9.21. The van der Waals surface area contributed by atoms with E-state index in [9.17, 15) is 25.0 Å². The van der Waals surface area contributed by atoms with E-state index in [1.165, 1.54) is 18.2 Å². The van der Waals surface area contributed by atoms with Crippen LogP contribution in [0.2, 0.25) is 23.2 Å². The van der Waals surface area contributed by atoms with Gasteiger partial charge in [-0.3, -0.25) is 19.7 Å². The summed E-state index contributed by atoms with van der Waals surface area (Å²) in [7, 11) is -2.35. The van der Waals surface area contributed by atoms with Crippen molar-refractivity contribution in [3.8, 4) is 6.07 Å². The Bertz CT molecular complexity index is 1240. The molecule has 0 radical (unpaired) electrons. The van der Waals surface area contributed by atoms with E-state index in [4.69, 9.17) is 21.9 Å². The van der Waals surface area contributed by atoms with Gasteiger partial charge in [0, 0.05) is 23.4 Å². The number of carbonyl (C=O) groups is 2. The van der Waals surface area contributed by atoms with Gasteiger partial charge in [-0.1, -0.05) is 32.4 Å². The molecule has 10 nitrogen and oxygen atoms in total. The molecule has 12 heteroatoms. The number of nitrogens with two attached hydrogens (primary N) is 1. The minimum Gasteiger partial charge on any atom is -0.412 e. The molecule has 0 fully saturated rings. The van der Waals surface area contributed by atoms with Crippen LogP contribution >= 0.6 is 11.6 Å².